The quantitative estimate of drug-likeness (QED) is 0.627. The summed E-state index contributed by atoms with van der Waals surface area (Å²) in [5.41, 5.74) is 5.28. The molecule has 0 unspecified atom stereocenters. The van der Waals surface area contributed by atoms with Gasteiger partial charge in [-0.1, -0.05) is 44.0 Å². The van der Waals surface area contributed by atoms with Crippen LogP contribution in [0.5, 0.6) is 0 Å². The number of fused-ring (bicyclic) bond motifs is 3. The van der Waals surface area contributed by atoms with Gasteiger partial charge in [-0.25, -0.2) is 8.42 Å². The van der Waals surface area contributed by atoms with Crippen LogP contribution in [-0.4, -0.2) is 26.0 Å². The third-order valence-electron chi connectivity index (χ3n) is 4.75. The molecule has 27 heavy (non-hydrogen) atoms. The monoisotopic (exact) mass is 404 g/mol. The Balaban J connectivity index is 1.97. The van der Waals surface area contributed by atoms with Crippen molar-refractivity contribution >= 4 is 33.4 Å². The van der Waals surface area contributed by atoms with Crippen LogP contribution in [0.4, 0.5) is 0 Å². The number of allylic oxidation sites excluding steroid dienone is 2. The molecule has 0 amide bonds. The summed E-state index contributed by atoms with van der Waals surface area (Å²) in [5, 5.41) is 3.15. The van der Waals surface area contributed by atoms with Crippen LogP contribution < -0.4 is 10.0 Å². The van der Waals surface area contributed by atoms with E-state index in [0.717, 1.165) is 34.8 Å². The van der Waals surface area contributed by atoms with Crippen molar-refractivity contribution in [1.82, 2.24) is 10.0 Å². The molecule has 0 bridgehead atoms. The molecule has 2 aliphatic rings. The highest BCUT2D eigenvalue weighted by molar-refractivity contribution is 8.04. The lowest BCUT2D eigenvalue weighted by Crippen LogP contribution is -2.29. The predicted molar refractivity (Wildman–Crippen MR) is 117 cm³/mol. The molecule has 2 N–H and O–H groups in total. The zero-order valence-electron chi connectivity index (χ0n) is 16.2. The maximum Gasteiger partial charge on any atom is 0.235 e. The maximum absolute atomic E-state index is 12.4. The van der Waals surface area contributed by atoms with Gasteiger partial charge in [-0.2, -0.15) is 0 Å². The zero-order valence-corrected chi connectivity index (χ0v) is 17.8. The highest BCUT2D eigenvalue weighted by atomic mass is 32.2. The number of sulfonamides is 1. The molecule has 0 saturated heterocycles. The Labute approximate surface area is 167 Å². The Bertz CT molecular complexity index is 897. The third-order valence-corrected chi connectivity index (χ3v) is 7.57. The summed E-state index contributed by atoms with van der Waals surface area (Å²) < 4.78 is 27.5. The molecule has 0 saturated carbocycles. The molecule has 1 aliphatic carbocycles. The Kier molecular flexibility index (Phi) is 6.37. The number of hydrogen-bond donors (Lipinski definition) is 2. The van der Waals surface area contributed by atoms with Gasteiger partial charge < -0.3 is 5.32 Å². The molecule has 1 aliphatic heterocycles. The van der Waals surface area contributed by atoms with E-state index >= 15 is 0 Å². The van der Waals surface area contributed by atoms with E-state index in [1.807, 2.05) is 30.4 Å². The topological polar surface area (TPSA) is 58.2 Å². The molecule has 146 valence electrons. The Hall–Kier alpha value is -1.66. The second kappa shape index (κ2) is 8.57. The normalized spacial score (nSPS) is 16.4. The number of thioether (sulfide) groups is 1. The number of benzene rings is 1. The molecule has 0 radical (unpaired) electrons. The molecule has 0 fully saturated rings. The van der Waals surface area contributed by atoms with Crippen LogP contribution in [0.2, 0.25) is 0 Å². The van der Waals surface area contributed by atoms with E-state index in [4.69, 9.17) is 0 Å². The van der Waals surface area contributed by atoms with Gasteiger partial charge in [0.15, 0.2) is 0 Å². The van der Waals surface area contributed by atoms with Gasteiger partial charge in [0.1, 0.15) is 0 Å². The molecule has 3 rings (SSSR count). The van der Waals surface area contributed by atoms with Gasteiger partial charge in [0.05, 0.1) is 10.9 Å². The van der Waals surface area contributed by atoms with Crippen molar-refractivity contribution in [3.8, 4) is 0 Å². The smallest absolute Gasteiger partial charge is 0.235 e. The zero-order chi connectivity index (χ0) is 19.4. The van der Waals surface area contributed by atoms with Gasteiger partial charge in [-0.3, -0.25) is 4.72 Å². The van der Waals surface area contributed by atoms with Crippen molar-refractivity contribution in [2.24, 2.45) is 0 Å². The lowest BCUT2D eigenvalue weighted by molar-refractivity contribution is 0.580. The lowest BCUT2D eigenvalue weighted by Gasteiger charge is -2.12. The van der Waals surface area contributed by atoms with Crippen LogP contribution in [-0.2, 0) is 10.0 Å². The first-order chi connectivity index (χ1) is 12.9. The first-order valence-corrected chi connectivity index (χ1v) is 12.1. The van der Waals surface area contributed by atoms with Crippen molar-refractivity contribution in [3.05, 3.63) is 57.8 Å². The van der Waals surface area contributed by atoms with Gasteiger partial charge in [0.25, 0.3) is 0 Å². The predicted octanol–water partition coefficient (Wildman–Crippen LogP) is 4.49. The fourth-order valence-corrected chi connectivity index (χ4v) is 4.96. The molecule has 4 nitrogen and oxygen atoms in total. The Morgan fingerprint density at radius 1 is 1.15 bits per heavy atom. The first-order valence-electron chi connectivity index (χ1n) is 9.57. The van der Waals surface area contributed by atoms with Gasteiger partial charge in [-0.05, 0) is 43.5 Å². The van der Waals surface area contributed by atoms with E-state index in [-0.39, 0.29) is 0 Å². The maximum atomic E-state index is 12.4. The molecule has 1 aromatic carbocycles. The molecule has 0 aromatic heterocycles. The second-order valence-electron chi connectivity index (χ2n) is 7.17. The van der Waals surface area contributed by atoms with Gasteiger partial charge in [0, 0.05) is 28.5 Å². The number of rotatable bonds is 8. The van der Waals surface area contributed by atoms with E-state index in [1.165, 1.54) is 24.1 Å². The summed E-state index contributed by atoms with van der Waals surface area (Å²) in [4.78, 5) is 1.12. The van der Waals surface area contributed by atoms with E-state index in [2.05, 4.69) is 23.0 Å². The fourth-order valence-electron chi connectivity index (χ4n) is 3.15. The molecular weight excluding hydrogens is 376 g/mol. The highest BCUT2D eigenvalue weighted by Gasteiger charge is 2.26. The van der Waals surface area contributed by atoms with E-state index < -0.39 is 15.3 Å². The second-order valence-corrected chi connectivity index (χ2v) is 10.4. The molecule has 1 aromatic rings. The van der Waals surface area contributed by atoms with Crippen molar-refractivity contribution in [3.63, 3.8) is 0 Å². The minimum atomic E-state index is -3.38. The van der Waals surface area contributed by atoms with E-state index in [9.17, 15) is 8.42 Å². The average Bonchev–Trinajstić information content (AvgIpc) is 2.93. The van der Waals surface area contributed by atoms with Gasteiger partial charge >= 0.3 is 0 Å². The highest BCUT2D eigenvalue weighted by Crippen LogP contribution is 2.44. The van der Waals surface area contributed by atoms with Crippen LogP contribution in [0.3, 0.4) is 0 Å². The standard InChI is InChI=1S/C21H28N2O2S2/c1-4-5-8-11-22-19-14-26-20-13-17(23-27(24,25)15(2)3)12-16-9-6-7-10-18(16)21(19)20/h6-7,9-10,12-13,15,22-23H,4-5,8,11,14H2,1-3H3. The SMILES string of the molecule is CCCCCNC1=C2C(=CC(NS(=O)(=O)C(C)C)=Cc3ccccc32)SC1. The van der Waals surface area contributed by atoms with Crippen molar-refractivity contribution in [1.29, 1.82) is 0 Å². The summed E-state index contributed by atoms with van der Waals surface area (Å²) in [6.07, 6.45) is 7.50. The van der Waals surface area contributed by atoms with E-state index in [0.29, 0.717) is 5.70 Å². The van der Waals surface area contributed by atoms with Crippen molar-refractivity contribution in [2.45, 2.75) is 45.3 Å². The summed E-state index contributed by atoms with van der Waals surface area (Å²) in [6.45, 7) is 6.56. The van der Waals surface area contributed by atoms with Crippen LogP contribution in [0.15, 0.2) is 46.6 Å². The summed E-state index contributed by atoms with van der Waals surface area (Å²) >= 11 is 1.76. The molecule has 1 heterocycles. The summed E-state index contributed by atoms with van der Waals surface area (Å²) in [6, 6.07) is 8.19. The summed E-state index contributed by atoms with van der Waals surface area (Å²) in [7, 11) is -3.38. The van der Waals surface area contributed by atoms with E-state index in [1.54, 1.807) is 25.6 Å². The number of unbranched alkanes of at least 4 members (excludes halogenated alkanes) is 2. The largest absolute Gasteiger partial charge is 0.387 e. The minimum Gasteiger partial charge on any atom is -0.387 e. The first kappa shape index (κ1) is 20.1. The molecule has 6 heteroatoms. The lowest BCUT2D eigenvalue weighted by atomic mass is 9.99. The minimum absolute atomic E-state index is 0.475. The summed E-state index contributed by atoms with van der Waals surface area (Å²) in [5.74, 6) is 0.895. The average molecular weight is 405 g/mol. The number of nitrogens with one attached hydrogen (secondary N) is 2. The number of hydrogen-bond acceptors (Lipinski definition) is 4. The molecular formula is C21H28N2O2S2. The van der Waals surface area contributed by atoms with Crippen LogP contribution in [0, 0.1) is 0 Å². The van der Waals surface area contributed by atoms with Crippen LogP contribution in [0.1, 0.15) is 51.2 Å². The van der Waals surface area contributed by atoms with Crippen molar-refractivity contribution in [2.75, 3.05) is 12.3 Å². The van der Waals surface area contributed by atoms with Crippen molar-refractivity contribution < 1.29 is 8.42 Å². The Morgan fingerprint density at radius 2 is 1.93 bits per heavy atom. The molecule has 0 spiro atoms. The fraction of sp³-hybridized carbons (Fsp3) is 0.429. The molecule has 0 atom stereocenters. The Morgan fingerprint density at radius 3 is 2.67 bits per heavy atom. The van der Waals surface area contributed by atoms with Crippen LogP contribution in [0.25, 0.3) is 11.6 Å². The third kappa shape index (κ3) is 4.61. The van der Waals surface area contributed by atoms with Gasteiger partial charge in [0.2, 0.25) is 10.0 Å². The van der Waals surface area contributed by atoms with Crippen LogP contribution >= 0.6 is 11.8 Å². The van der Waals surface area contributed by atoms with Gasteiger partial charge in [-0.15, -0.1) is 11.8 Å².